The fourth-order valence-corrected chi connectivity index (χ4v) is 2.45. The van der Waals surface area contributed by atoms with Gasteiger partial charge < -0.3 is 5.32 Å². The van der Waals surface area contributed by atoms with E-state index < -0.39 is 0 Å². The van der Waals surface area contributed by atoms with Crippen molar-refractivity contribution in [2.45, 2.75) is 40.5 Å². The summed E-state index contributed by atoms with van der Waals surface area (Å²) in [6.45, 7) is 10.3. The van der Waals surface area contributed by atoms with E-state index in [1.807, 2.05) is 25.1 Å². The summed E-state index contributed by atoms with van der Waals surface area (Å²) in [7, 11) is 0. The van der Waals surface area contributed by atoms with Crippen molar-refractivity contribution in [1.29, 1.82) is 0 Å². The number of pyridine rings is 1. The van der Waals surface area contributed by atoms with E-state index in [0.29, 0.717) is 0 Å². The lowest BCUT2D eigenvalue weighted by Crippen LogP contribution is -2.15. The topological polar surface area (TPSA) is 50.7 Å². The van der Waals surface area contributed by atoms with Gasteiger partial charge in [-0.1, -0.05) is 13.0 Å². The summed E-state index contributed by atoms with van der Waals surface area (Å²) < 4.78 is 0. The Labute approximate surface area is 127 Å². The molecule has 0 aliphatic heterocycles. The van der Waals surface area contributed by atoms with E-state index >= 15 is 0 Å². The van der Waals surface area contributed by atoms with Crippen molar-refractivity contribution in [2.24, 2.45) is 0 Å². The average molecular weight is 284 g/mol. The zero-order valence-corrected chi connectivity index (χ0v) is 13.4. The third-order valence-electron chi connectivity index (χ3n) is 3.57. The number of nitrogens with one attached hydrogen (secondary N) is 1. The number of aryl methyl sites for hydroxylation is 3. The normalized spacial score (nSPS) is 10.9. The van der Waals surface area contributed by atoms with Crippen LogP contribution in [0, 0.1) is 20.8 Å². The fraction of sp³-hybridized carbons (Fsp3) is 0.471. The van der Waals surface area contributed by atoms with Crippen molar-refractivity contribution in [1.82, 2.24) is 20.3 Å². The summed E-state index contributed by atoms with van der Waals surface area (Å²) in [5.74, 6) is 0.726. The zero-order chi connectivity index (χ0) is 15.2. The molecule has 0 spiro atoms. The van der Waals surface area contributed by atoms with Gasteiger partial charge in [-0.15, -0.1) is 0 Å². The van der Waals surface area contributed by atoms with Crippen LogP contribution in [0.25, 0.3) is 11.5 Å². The third-order valence-corrected chi connectivity index (χ3v) is 3.57. The molecule has 0 aromatic carbocycles. The Morgan fingerprint density at radius 2 is 1.71 bits per heavy atom. The van der Waals surface area contributed by atoms with Gasteiger partial charge in [-0.05, 0) is 64.4 Å². The van der Waals surface area contributed by atoms with Gasteiger partial charge in [-0.3, -0.25) is 0 Å². The maximum atomic E-state index is 4.65. The Morgan fingerprint density at radius 3 is 2.33 bits per heavy atom. The smallest absolute Gasteiger partial charge is 0.178 e. The summed E-state index contributed by atoms with van der Waals surface area (Å²) in [5, 5.41) is 3.35. The highest BCUT2D eigenvalue weighted by Gasteiger charge is 2.10. The Bertz CT molecular complexity index is 584. The van der Waals surface area contributed by atoms with Crippen molar-refractivity contribution < 1.29 is 0 Å². The van der Waals surface area contributed by atoms with Crippen LogP contribution in [0.15, 0.2) is 18.2 Å². The molecular weight excluding hydrogens is 260 g/mol. The molecule has 0 atom stereocenters. The van der Waals surface area contributed by atoms with E-state index in [1.54, 1.807) is 0 Å². The van der Waals surface area contributed by atoms with E-state index in [1.165, 1.54) is 5.56 Å². The highest BCUT2D eigenvalue weighted by Crippen LogP contribution is 2.18. The molecule has 21 heavy (non-hydrogen) atoms. The highest BCUT2D eigenvalue weighted by molar-refractivity contribution is 5.50. The van der Waals surface area contributed by atoms with Crippen molar-refractivity contribution >= 4 is 0 Å². The van der Waals surface area contributed by atoms with Gasteiger partial charge >= 0.3 is 0 Å². The van der Waals surface area contributed by atoms with Gasteiger partial charge in [0.1, 0.15) is 5.69 Å². The summed E-state index contributed by atoms with van der Waals surface area (Å²) >= 11 is 0. The van der Waals surface area contributed by atoms with Crippen LogP contribution < -0.4 is 5.32 Å². The molecule has 4 heteroatoms. The lowest BCUT2D eigenvalue weighted by Gasteiger charge is -2.11. The highest BCUT2D eigenvalue weighted by atomic mass is 14.9. The van der Waals surface area contributed by atoms with Crippen LogP contribution in [-0.2, 0) is 6.42 Å². The first-order valence-electron chi connectivity index (χ1n) is 7.60. The van der Waals surface area contributed by atoms with Crippen LogP contribution in [0.5, 0.6) is 0 Å². The molecule has 0 amide bonds. The lowest BCUT2D eigenvalue weighted by molar-refractivity contribution is 0.667. The molecule has 4 nitrogen and oxygen atoms in total. The summed E-state index contributed by atoms with van der Waals surface area (Å²) in [5.41, 5.74) is 5.24. The minimum atomic E-state index is 0.726. The number of aromatic nitrogens is 3. The van der Waals surface area contributed by atoms with Gasteiger partial charge in [0.15, 0.2) is 5.82 Å². The van der Waals surface area contributed by atoms with Gasteiger partial charge in [0, 0.05) is 17.1 Å². The maximum Gasteiger partial charge on any atom is 0.178 e. The van der Waals surface area contributed by atoms with E-state index in [2.05, 4.69) is 41.0 Å². The van der Waals surface area contributed by atoms with Gasteiger partial charge in [-0.2, -0.15) is 0 Å². The Morgan fingerprint density at radius 1 is 1.00 bits per heavy atom. The number of hydrogen-bond donors (Lipinski definition) is 1. The quantitative estimate of drug-likeness (QED) is 0.828. The molecule has 0 bridgehead atoms. The first-order chi connectivity index (χ1) is 10.1. The van der Waals surface area contributed by atoms with Crippen molar-refractivity contribution in [3.05, 3.63) is 40.8 Å². The average Bonchev–Trinajstić information content (AvgIpc) is 2.45. The number of nitrogens with zero attached hydrogens (tertiary/aromatic N) is 3. The van der Waals surface area contributed by atoms with Crippen LogP contribution in [0.2, 0.25) is 0 Å². The summed E-state index contributed by atoms with van der Waals surface area (Å²) in [6.07, 6.45) is 2.13. The Balaban J connectivity index is 2.20. The molecule has 0 fully saturated rings. The summed E-state index contributed by atoms with van der Waals surface area (Å²) in [6, 6.07) is 5.94. The molecular formula is C17H24N4. The molecule has 2 heterocycles. The van der Waals surface area contributed by atoms with Crippen LogP contribution in [0.1, 0.15) is 36.0 Å². The molecule has 2 aromatic rings. The number of hydrogen-bond acceptors (Lipinski definition) is 4. The SMILES string of the molecule is CCNCCCc1c(C)nc(-c2cccc(C)n2)nc1C. The molecule has 0 radical (unpaired) electrons. The lowest BCUT2D eigenvalue weighted by atomic mass is 10.1. The molecule has 2 rings (SSSR count). The third kappa shape index (κ3) is 4.08. The van der Waals surface area contributed by atoms with E-state index in [9.17, 15) is 0 Å². The van der Waals surface area contributed by atoms with E-state index in [4.69, 9.17) is 0 Å². The van der Waals surface area contributed by atoms with Gasteiger partial charge in [0.25, 0.3) is 0 Å². The Hall–Kier alpha value is -1.81. The molecule has 1 N–H and O–H groups in total. The Kier molecular flexibility index (Phi) is 5.39. The molecule has 0 aliphatic carbocycles. The van der Waals surface area contributed by atoms with Crippen LogP contribution in [-0.4, -0.2) is 28.0 Å². The molecule has 0 aliphatic rings. The first-order valence-corrected chi connectivity index (χ1v) is 7.60. The molecule has 2 aromatic heterocycles. The minimum Gasteiger partial charge on any atom is -0.317 e. The van der Waals surface area contributed by atoms with Crippen molar-refractivity contribution in [3.63, 3.8) is 0 Å². The van der Waals surface area contributed by atoms with Crippen LogP contribution in [0.4, 0.5) is 0 Å². The molecule has 0 saturated heterocycles. The molecule has 0 unspecified atom stereocenters. The van der Waals surface area contributed by atoms with Crippen molar-refractivity contribution in [2.75, 3.05) is 13.1 Å². The minimum absolute atomic E-state index is 0.726. The monoisotopic (exact) mass is 284 g/mol. The van der Waals surface area contributed by atoms with Crippen LogP contribution >= 0.6 is 0 Å². The number of rotatable bonds is 6. The second-order valence-electron chi connectivity index (χ2n) is 5.32. The second kappa shape index (κ2) is 7.27. The van der Waals surface area contributed by atoms with Gasteiger partial charge in [-0.25, -0.2) is 15.0 Å². The van der Waals surface area contributed by atoms with E-state index in [-0.39, 0.29) is 0 Å². The second-order valence-corrected chi connectivity index (χ2v) is 5.32. The predicted octanol–water partition coefficient (Wildman–Crippen LogP) is 3.01. The van der Waals surface area contributed by atoms with Gasteiger partial charge in [0.2, 0.25) is 0 Å². The zero-order valence-electron chi connectivity index (χ0n) is 13.4. The fourth-order valence-electron chi connectivity index (χ4n) is 2.45. The summed E-state index contributed by atoms with van der Waals surface area (Å²) in [4.78, 5) is 13.8. The standard InChI is InChI=1S/C17H24N4/c1-5-18-11-7-9-15-13(3)20-17(21-14(15)4)16-10-6-8-12(2)19-16/h6,8,10,18H,5,7,9,11H2,1-4H3. The molecule has 0 saturated carbocycles. The first kappa shape index (κ1) is 15.6. The van der Waals surface area contributed by atoms with Crippen molar-refractivity contribution in [3.8, 4) is 11.5 Å². The predicted molar refractivity (Wildman–Crippen MR) is 86.3 cm³/mol. The van der Waals surface area contributed by atoms with E-state index in [0.717, 1.165) is 54.5 Å². The maximum absolute atomic E-state index is 4.65. The molecule has 112 valence electrons. The van der Waals surface area contributed by atoms with Gasteiger partial charge in [0.05, 0.1) is 0 Å². The largest absolute Gasteiger partial charge is 0.317 e. The van der Waals surface area contributed by atoms with Crippen LogP contribution in [0.3, 0.4) is 0 Å².